The first-order valence-electron chi connectivity index (χ1n) is 5.59. The highest BCUT2D eigenvalue weighted by molar-refractivity contribution is 5.10. The van der Waals surface area contributed by atoms with Crippen LogP contribution in [0.25, 0.3) is 0 Å². The van der Waals surface area contributed by atoms with Crippen molar-refractivity contribution in [3.05, 3.63) is 33.1 Å². The molecule has 1 aliphatic rings. The second kappa shape index (κ2) is 4.31. The van der Waals surface area contributed by atoms with E-state index in [4.69, 9.17) is 9.84 Å². The first kappa shape index (κ1) is 13.5. The molecule has 1 aromatic heterocycles. The third-order valence-electron chi connectivity index (χ3n) is 3.18. The van der Waals surface area contributed by atoms with Crippen LogP contribution in [-0.2, 0) is 10.5 Å². The Morgan fingerprint density at radius 2 is 2.37 bits per heavy atom. The quantitative estimate of drug-likeness (QED) is 0.582. The van der Waals surface area contributed by atoms with Gasteiger partial charge in [0, 0.05) is 18.7 Å². The second-order valence-electron chi connectivity index (χ2n) is 4.70. The maximum Gasteiger partial charge on any atom is 0.331 e. The minimum Gasteiger partial charge on any atom is -0.394 e. The number of aliphatic hydroxyl groups is 2. The van der Waals surface area contributed by atoms with Gasteiger partial charge in [-0.25, -0.2) is 4.79 Å². The van der Waals surface area contributed by atoms with Crippen LogP contribution in [-0.4, -0.2) is 38.1 Å². The summed E-state index contributed by atoms with van der Waals surface area (Å²) in [7, 11) is 0. The average Bonchev–Trinajstić information content (AvgIpc) is 2.61. The number of nitriles is 1. The average molecular weight is 267 g/mol. The van der Waals surface area contributed by atoms with Gasteiger partial charge in [0.05, 0.1) is 12.2 Å². The Bertz CT molecular complexity index is 641. The molecule has 8 heteroatoms. The van der Waals surface area contributed by atoms with Crippen LogP contribution in [0.3, 0.4) is 0 Å². The zero-order chi connectivity index (χ0) is 14.3. The van der Waals surface area contributed by atoms with Gasteiger partial charge in [-0.3, -0.25) is 14.3 Å². The third kappa shape index (κ3) is 2.08. The van der Waals surface area contributed by atoms with Crippen molar-refractivity contribution in [2.24, 2.45) is 0 Å². The summed E-state index contributed by atoms with van der Waals surface area (Å²) in [6, 6.07) is 2.90. The zero-order valence-electron chi connectivity index (χ0n) is 10.2. The monoisotopic (exact) mass is 267 g/mol. The first-order valence-corrected chi connectivity index (χ1v) is 5.59. The molecule has 0 aliphatic carbocycles. The van der Waals surface area contributed by atoms with Crippen LogP contribution in [0.1, 0.15) is 13.3 Å². The van der Waals surface area contributed by atoms with Gasteiger partial charge in [0.1, 0.15) is 12.2 Å². The molecule has 19 heavy (non-hydrogen) atoms. The third-order valence-corrected chi connectivity index (χ3v) is 3.18. The molecular weight excluding hydrogens is 254 g/mol. The second-order valence-corrected chi connectivity index (χ2v) is 4.70. The standard InChI is InChI=1S/C11H13N3O5/c1-10(18)5-11(6-12,19-7(10)4-15)14-3-2-8(16)13-9(14)17/h2-3,7,15,18H,4-5H2,1H3,(H,13,16,17). The number of nitrogens with zero attached hydrogens (tertiary/aromatic N) is 2. The number of nitrogens with one attached hydrogen (secondary N) is 1. The van der Waals surface area contributed by atoms with E-state index in [2.05, 4.69) is 0 Å². The molecule has 3 N–H and O–H groups in total. The van der Waals surface area contributed by atoms with Gasteiger partial charge in [-0.15, -0.1) is 0 Å². The number of H-pyrrole nitrogens is 1. The summed E-state index contributed by atoms with van der Waals surface area (Å²) < 4.78 is 6.25. The summed E-state index contributed by atoms with van der Waals surface area (Å²) in [4.78, 5) is 24.8. The Morgan fingerprint density at radius 3 is 2.84 bits per heavy atom. The van der Waals surface area contributed by atoms with Crippen LogP contribution >= 0.6 is 0 Å². The van der Waals surface area contributed by atoms with E-state index in [-0.39, 0.29) is 6.42 Å². The molecule has 1 fully saturated rings. The van der Waals surface area contributed by atoms with Gasteiger partial charge in [-0.05, 0) is 6.92 Å². The van der Waals surface area contributed by atoms with Crippen molar-refractivity contribution in [3.8, 4) is 6.07 Å². The number of aliphatic hydroxyl groups excluding tert-OH is 1. The fourth-order valence-corrected chi connectivity index (χ4v) is 2.20. The predicted octanol–water partition coefficient (Wildman–Crippen LogP) is -1.75. The summed E-state index contributed by atoms with van der Waals surface area (Å²) >= 11 is 0. The SMILES string of the molecule is CC1(O)CC(C#N)(n2ccc(=O)[nH]c2=O)OC1CO. The van der Waals surface area contributed by atoms with Crippen LogP contribution in [0.4, 0.5) is 0 Å². The van der Waals surface area contributed by atoms with Crippen molar-refractivity contribution < 1.29 is 14.9 Å². The van der Waals surface area contributed by atoms with Gasteiger partial charge in [0.25, 0.3) is 5.56 Å². The minimum absolute atomic E-state index is 0.201. The van der Waals surface area contributed by atoms with Gasteiger partial charge in [0.2, 0.25) is 5.72 Å². The Hall–Kier alpha value is -1.95. The van der Waals surface area contributed by atoms with Crippen molar-refractivity contribution in [3.63, 3.8) is 0 Å². The van der Waals surface area contributed by atoms with E-state index in [1.807, 2.05) is 11.1 Å². The summed E-state index contributed by atoms with van der Waals surface area (Å²) in [5, 5.41) is 28.5. The molecule has 3 atom stereocenters. The summed E-state index contributed by atoms with van der Waals surface area (Å²) in [5.74, 6) is 0. The molecule has 1 aromatic rings. The Kier molecular flexibility index (Phi) is 3.06. The van der Waals surface area contributed by atoms with Crippen LogP contribution in [0.5, 0.6) is 0 Å². The highest BCUT2D eigenvalue weighted by Gasteiger charge is 2.54. The lowest BCUT2D eigenvalue weighted by Crippen LogP contribution is -2.43. The van der Waals surface area contributed by atoms with E-state index in [0.29, 0.717) is 0 Å². The lowest BCUT2D eigenvalue weighted by molar-refractivity contribution is -0.101. The maximum atomic E-state index is 11.7. The fraction of sp³-hybridized carbons (Fsp3) is 0.545. The van der Waals surface area contributed by atoms with E-state index in [0.717, 1.165) is 16.8 Å². The smallest absolute Gasteiger partial charge is 0.331 e. The number of aromatic amines is 1. The molecule has 0 amide bonds. The van der Waals surface area contributed by atoms with Crippen molar-refractivity contribution in [2.75, 3.05) is 6.61 Å². The molecular formula is C11H13N3O5. The van der Waals surface area contributed by atoms with E-state index in [1.54, 1.807) is 0 Å². The highest BCUT2D eigenvalue weighted by atomic mass is 16.6. The Balaban J connectivity index is 2.55. The van der Waals surface area contributed by atoms with E-state index >= 15 is 0 Å². The fourth-order valence-electron chi connectivity index (χ4n) is 2.20. The lowest BCUT2D eigenvalue weighted by atomic mass is 9.94. The number of ether oxygens (including phenoxy) is 1. The summed E-state index contributed by atoms with van der Waals surface area (Å²) in [5.41, 5.74) is -4.63. The molecule has 102 valence electrons. The molecule has 0 aromatic carbocycles. The zero-order valence-corrected chi connectivity index (χ0v) is 10.2. The van der Waals surface area contributed by atoms with E-state index < -0.39 is 35.3 Å². The highest BCUT2D eigenvalue weighted by Crippen LogP contribution is 2.40. The van der Waals surface area contributed by atoms with Crippen LogP contribution in [0.15, 0.2) is 21.9 Å². The molecule has 0 radical (unpaired) electrons. The van der Waals surface area contributed by atoms with Crippen LogP contribution < -0.4 is 11.2 Å². The minimum atomic E-state index is -1.75. The topological polar surface area (TPSA) is 128 Å². The van der Waals surface area contributed by atoms with Crippen molar-refractivity contribution >= 4 is 0 Å². The van der Waals surface area contributed by atoms with Gasteiger partial charge in [-0.1, -0.05) is 0 Å². The number of hydrogen-bond donors (Lipinski definition) is 3. The lowest BCUT2D eigenvalue weighted by Gasteiger charge is -2.22. The number of aromatic nitrogens is 2. The van der Waals surface area contributed by atoms with Gasteiger partial charge in [0.15, 0.2) is 0 Å². The largest absolute Gasteiger partial charge is 0.394 e. The summed E-state index contributed by atoms with van der Waals surface area (Å²) in [6.07, 6.45) is -0.0700. The molecule has 0 saturated carbocycles. The van der Waals surface area contributed by atoms with Crippen molar-refractivity contribution in [1.82, 2.24) is 9.55 Å². The molecule has 2 heterocycles. The summed E-state index contributed by atoms with van der Waals surface area (Å²) in [6.45, 7) is 0.915. The molecule has 2 rings (SSSR count). The predicted molar refractivity (Wildman–Crippen MR) is 62.1 cm³/mol. The Labute approximate surface area is 107 Å². The molecule has 1 saturated heterocycles. The van der Waals surface area contributed by atoms with Gasteiger partial charge >= 0.3 is 5.69 Å². The number of hydrogen-bond acceptors (Lipinski definition) is 6. The van der Waals surface area contributed by atoms with Gasteiger partial charge < -0.3 is 14.9 Å². The Morgan fingerprint density at radius 1 is 1.68 bits per heavy atom. The van der Waals surface area contributed by atoms with Crippen LogP contribution in [0.2, 0.25) is 0 Å². The van der Waals surface area contributed by atoms with E-state index in [9.17, 15) is 20.0 Å². The molecule has 1 aliphatic heterocycles. The molecule has 3 unspecified atom stereocenters. The molecule has 0 bridgehead atoms. The van der Waals surface area contributed by atoms with Crippen LogP contribution in [0, 0.1) is 11.3 Å². The van der Waals surface area contributed by atoms with Crippen molar-refractivity contribution in [2.45, 2.75) is 30.8 Å². The van der Waals surface area contributed by atoms with Crippen molar-refractivity contribution in [1.29, 1.82) is 5.26 Å². The first-order chi connectivity index (χ1) is 8.84. The maximum absolute atomic E-state index is 11.7. The normalized spacial score (nSPS) is 34.1. The molecule has 0 spiro atoms. The van der Waals surface area contributed by atoms with Gasteiger partial charge in [-0.2, -0.15) is 5.26 Å². The van der Waals surface area contributed by atoms with E-state index in [1.165, 1.54) is 6.92 Å². The number of rotatable bonds is 2. The molecule has 8 nitrogen and oxygen atoms in total.